The molecule has 2 aliphatic rings. The number of anilines is 3. The van der Waals surface area contributed by atoms with Crippen molar-refractivity contribution in [3.8, 4) is 10.6 Å². The summed E-state index contributed by atoms with van der Waals surface area (Å²) in [5.41, 5.74) is 4.21. The van der Waals surface area contributed by atoms with Crippen LogP contribution in [0.5, 0.6) is 0 Å². The zero-order valence-electron chi connectivity index (χ0n) is 18.9. The molecule has 1 saturated heterocycles. The van der Waals surface area contributed by atoms with Crippen molar-refractivity contribution in [1.82, 2.24) is 30.0 Å². The van der Waals surface area contributed by atoms with Gasteiger partial charge in [-0.3, -0.25) is 14.8 Å². The highest BCUT2D eigenvalue weighted by atomic mass is 32.1. The van der Waals surface area contributed by atoms with E-state index in [1.807, 2.05) is 24.3 Å². The van der Waals surface area contributed by atoms with Gasteiger partial charge in [-0.15, -0.1) is 10.2 Å². The maximum absolute atomic E-state index is 12.8. The molecule has 0 bridgehead atoms. The first-order valence-corrected chi connectivity index (χ1v) is 12.5. The molecule has 178 valence electrons. The van der Waals surface area contributed by atoms with Gasteiger partial charge in [-0.2, -0.15) is 0 Å². The Morgan fingerprint density at radius 1 is 1.06 bits per heavy atom. The Morgan fingerprint density at radius 2 is 1.91 bits per heavy atom. The van der Waals surface area contributed by atoms with Crippen LogP contribution in [-0.4, -0.2) is 66.3 Å². The molecule has 3 aromatic heterocycles. The molecule has 0 unspecified atom stereocenters. The van der Waals surface area contributed by atoms with Gasteiger partial charge in [-0.25, -0.2) is 4.98 Å². The van der Waals surface area contributed by atoms with Crippen LogP contribution >= 0.6 is 11.3 Å². The third kappa shape index (κ3) is 4.52. The van der Waals surface area contributed by atoms with E-state index in [2.05, 4.69) is 35.8 Å². The number of aliphatic hydroxyl groups is 1. The lowest BCUT2D eigenvalue weighted by Crippen LogP contribution is -2.29. The van der Waals surface area contributed by atoms with Gasteiger partial charge in [-0.1, -0.05) is 11.3 Å². The summed E-state index contributed by atoms with van der Waals surface area (Å²) in [5.74, 6) is 0.495. The van der Waals surface area contributed by atoms with Crippen molar-refractivity contribution in [3.05, 3.63) is 47.9 Å². The first kappa shape index (κ1) is 21.8. The molecule has 1 aliphatic carbocycles. The lowest BCUT2D eigenvalue weighted by Gasteiger charge is -2.28. The van der Waals surface area contributed by atoms with E-state index < -0.39 is 6.10 Å². The molecule has 1 aromatic carbocycles. The average molecular weight is 489 g/mol. The molecule has 0 spiro atoms. The molecule has 2 fully saturated rings. The number of rotatable bonds is 6. The number of benzene rings is 1. The Kier molecular flexibility index (Phi) is 5.71. The summed E-state index contributed by atoms with van der Waals surface area (Å²) < 4.78 is 0. The average Bonchev–Trinajstić information content (AvgIpc) is 3.51. The quantitative estimate of drug-likeness (QED) is 0.374. The van der Waals surface area contributed by atoms with Crippen molar-refractivity contribution in [1.29, 1.82) is 0 Å². The fourth-order valence-electron chi connectivity index (χ4n) is 4.26. The minimum Gasteiger partial charge on any atom is -0.391 e. The van der Waals surface area contributed by atoms with Gasteiger partial charge in [0.25, 0.3) is 5.91 Å². The van der Waals surface area contributed by atoms with Gasteiger partial charge in [-0.05, 0) is 43.9 Å². The highest BCUT2D eigenvalue weighted by Gasteiger charge is 2.28. The highest BCUT2D eigenvalue weighted by molar-refractivity contribution is 7.16. The fourth-order valence-corrected chi connectivity index (χ4v) is 5.09. The van der Waals surface area contributed by atoms with Crippen LogP contribution < -0.4 is 10.6 Å². The van der Waals surface area contributed by atoms with Crippen molar-refractivity contribution >= 4 is 45.5 Å². The topological polar surface area (TPSA) is 129 Å². The van der Waals surface area contributed by atoms with Gasteiger partial charge >= 0.3 is 0 Å². The number of amides is 1. The van der Waals surface area contributed by atoms with Crippen LogP contribution in [0.25, 0.3) is 21.6 Å². The van der Waals surface area contributed by atoms with Gasteiger partial charge in [0.05, 0.1) is 22.7 Å². The number of aliphatic hydroxyl groups excluding tert-OH is 1. The van der Waals surface area contributed by atoms with E-state index >= 15 is 0 Å². The fraction of sp³-hybridized carbons (Fsp3) is 0.333. The number of β-amino-alcohol motifs (C(OH)–C–C–N with tert-alkyl or cyclic N) is 1. The molecule has 4 aromatic rings. The van der Waals surface area contributed by atoms with E-state index in [4.69, 9.17) is 0 Å². The maximum atomic E-state index is 12.8. The molecule has 1 amide bonds. The van der Waals surface area contributed by atoms with Gasteiger partial charge < -0.3 is 20.6 Å². The molecular formula is C24H24N8O2S. The number of nitrogens with zero attached hydrogens (tertiary/aromatic N) is 6. The first-order chi connectivity index (χ1) is 17.1. The summed E-state index contributed by atoms with van der Waals surface area (Å²) in [4.78, 5) is 27.7. The first-order valence-electron chi connectivity index (χ1n) is 11.7. The van der Waals surface area contributed by atoms with Crippen LogP contribution in [0.2, 0.25) is 0 Å². The predicted octanol–water partition coefficient (Wildman–Crippen LogP) is 3.46. The van der Waals surface area contributed by atoms with Gasteiger partial charge in [0, 0.05) is 55.2 Å². The SMILES string of the molecule is O=C(c1nnc(-c2cnc(Nc3ccc4nccnc4c3)cc2NC2CCC2)s1)N1CC[C@@H](O)C1. The van der Waals surface area contributed by atoms with Crippen molar-refractivity contribution < 1.29 is 9.90 Å². The standard InChI is InChI=1S/C24H24N8O2S/c33-16-6-9-32(13-16)24(34)23-31-30-22(35-23)17-12-27-21(11-19(17)28-14-2-1-3-14)29-15-4-5-18-20(10-15)26-8-7-25-18/h4-5,7-8,10-12,14,16,33H,1-3,6,9,13H2,(H2,27,28,29)/t16-/m1/s1. The minimum absolute atomic E-state index is 0.190. The molecule has 1 aliphatic heterocycles. The normalized spacial score (nSPS) is 18.0. The molecular weight excluding hydrogens is 464 g/mol. The number of hydrogen-bond acceptors (Lipinski definition) is 10. The zero-order chi connectivity index (χ0) is 23.8. The van der Waals surface area contributed by atoms with Crippen LogP contribution in [0.1, 0.15) is 35.5 Å². The largest absolute Gasteiger partial charge is 0.391 e. The van der Waals surface area contributed by atoms with Gasteiger partial charge in [0.2, 0.25) is 5.01 Å². The van der Waals surface area contributed by atoms with E-state index in [1.165, 1.54) is 17.8 Å². The number of carbonyl (C=O) groups excluding carboxylic acids is 1. The molecule has 4 heterocycles. The lowest BCUT2D eigenvalue weighted by atomic mass is 9.93. The third-order valence-electron chi connectivity index (χ3n) is 6.40. The molecule has 35 heavy (non-hydrogen) atoms. The number of hydrogen-bond donors (Lipinski definition) is 3. The van der Waals surface area contributed by atoms with Crippen molar-refractivity contribution in [2.45, 2.75) is 37.8 Å². The second kappa shape index (κ2) is 9.16. The Balaban J connectivity index is 1.27. The van der Waals surface area contributed by atoms with Crippen LogP contribution in [0.15, 0.2) is 42.9 Å². The molecule has 0 radical (unpaired) electrons. The number of aromatic nitrogens is 5. The number of carbonyl (C=O) groups is 1. The second-order valence-corrected chi connectivity index (χ2v) is 9.86. The Bertz CT molecular complexity index is 1390. The van der Waals surface area contributed by atoms with Crippen molar-refractivity contribution in [3.63, 3.8) is 0 Å². The highest BCUT2D eigenvalue weighted by Crippen LogP contribution is 2.35. The molecule has 1 saturated carbocycles. The number of likely N-dealkylation sites (tertiary alicyclic amines) is 1. The van der Waals surface area contributed by atoms with E-state index in [-0.39, 0.29) is 5.91 Å². The minimum atomic E-state index is -0.469. The predicted molar refractivity (Wildman–Crippen MR) is 134 cm³/mol. The van der Waals surface area contributed by atoms with Crippen molar-refractivity contribution in [2.24, 2.45) is 0 Å². The number of nitrogens with one attached hydrogen (secondary N) is 2. The summed E-state index contributed by atoms with van der Waals surface area (Å²) in [6.45, 7) is 0.871. The molecule has 6 rings (SSSR count). The monoisotopic (exact) mass is 488 g/mol. The van der Waals surface area contributed by atoms with Gasteiger partial charge in [0.1, 0.15) is 5.82 Å². The van der Waals surface area contributed by atoms with Crippen LogP contribution in [-0.2, 0) is 0 Å². The van der Waals surface area contributed by atoms with Crippen LogP contribution in [0, 0.1) is 0 Å². The molecule has 3 N–H and O–H groups in total. The summed E-state index contributed by atoms with van der Waals surface area (Å²) in [5, 5.41) is 26.1. The maximum Gasteiger partial charge on any atom is 0.284 e. The summed E-state index contributed by atoms with van der Waals surface area (Å²) in [7, 11) is 0. The molecule has 11 heteroatoms. The Hall–Kier alpha value is -3.70. The van der Waals surface area contributed by atoms with E-state index in [9.17, 15) is 9.90 Å². The van der Waals surface area contributed by atoms with E-state index in [1.54, 1.807) is 23.5 Å². The van der Waals surface area contributed by atoms with E-state index in [0.29, 0.717) is 41.4 Å². The third-order valence-corrected chi connectivity index (χ3v) is 7.34. The molecule has 1 atom stereocenters. The summed E-state index contributed by atoms with van der Waals surface area (Å²) in [6, 6.07) is 8.18. The van der Waals surface area contributed by atoms with Crippen LogP contribution in [0.3, 0.4) is 0 Å². The van der Waals surface area contributed by atoms with Gasteiger partial charge in [0.15, 0.2) is 5.01 Å². The Morgan fingerprint density at radius 3 is 2.69 bits per heavy atom. The zero-order valence-corrected chi connectivity index (χ0v) is 19.7. The second-order valence-electron chi connectivity index (χ2n) is 8.88. The smallest absolute Gasteiger partial charge is 0.284 e. The number of fused-ring (bicyclic) bond motifs is 1. The number of pyridine rings is 1. The summed E-state index contributed by atoms with van der Waals surface area (Å²) in [6.07, 6.45) is 8.68. The Labute approximate surface area is 205 Å². The van der Waals surface area contributed by atoms with Crippen LogP contribution in [0.4, 0.5) is 17.2 Å². The lowest BCUT2D eigenvalue weighted by molar-refractivity contribution is 0.0763. The summed E-state index contributed by atoms with van der Waals surface area (Å²) >= 11 is 1.25. The van der Waals surface area contributed by atoms with E-state index in [0.717, 1.165) is 40.8 Å². The van der Waals surface area contributed by atoms with Crippen molar-refractivity contribution in [2.75, 3.05) is 23.7 Å². The molecule has 10 nitrogen and oxygen atoms in total.